The molecule has 0 aromatic carbocycles. The number of hydrogen-bond donors (Lipinski definition) is 1. The van der Waals surface area contributed by atoms with Gasteiger partial charge >= 0.3 is 0 Å². The Hall–Kier alpha value is 0.170. The number of alkyl halides is 1. The second-order valence-electron chi connectivity index (χ2n) is 2.40. The van der Waals surface area contributed by atoms with Gasteiger partial charge in [-0.3, -0.25) is 0 Å². The van der Waals surface area contributed by atoms with Gasteiger partial charge in [0, 0.05) is 39.3 Å². The van der Waals surface area contributed by atoms with Gasteiger partial charge < -0.3 is 14.8 Å². The van der Waals surface area contributed by atoms with E-state index in [0.29, 0.717) is 5.88 Å². The number of rotatable bonds is 9. The first-order chi connectivity index (χ1) is 5.91. The molecule has 0 heterocycles. The van der Waals surface area contributed by atoms with E-state index in [9.17, 15) is 0 Å². The van der Waals surface area contributed by atoms with Crippen molar-refractivity contribution in [3.63, 3.8) is 0 Å². The second-order valence-corrected chi connectivity index (χ2v) is 2.78. The molecule has 0 aromatic heterocycles. The molecule has 0 unspecified atom stereocenters. The molecule has 0 aliphatic carbocycles. The molecule has 0 radical (unpaired) electrons. The van der Waals surface area contributed by atoms with Crippen molar-refractivity contribution in [2.75, 3.05) is 45.9 Å². The maximum atomic E-state index is 5.46. The van der Waals surface area contributed by atoms with E-state index in [1.54, 1.807) is 7.11 Å². The van der Waals surface area contributed by atoms with Gasteiger partial charge in [-0.05, 0) is 6.42 Å². The number of halogens is 1. The molecule has 0 aliphatic rings. The molecule has 0 bridgehead atoms. The first-order valence-electron chi connectivity index (χ1n) is 4.25. The van der Waals surface area contributed by atoms with Crippen LogP contribution in [0.25, 0.3) is 0 Å². The maximum Gasteiger partial charge on any atom is 0.0590 e. The SMILES string of the molecule is COCCCOCCNCCCl. The van der Waals surface area contributed by atoms with Crippen LogP contribution in [0.2, 0.25) is 0 Å². The molecular weight excluding hydrogens is 178 g/mol. The fourth-order valence-electron chi connectivity index (χ4n) is 0.744. The fraction of sp³-hybridized carbons (Fsp3) is 1.00. The summed E-state index contributed by atoms with van der Waals surface area (Å²) in [7, 11) is 1.70. The highest BCUT2D eigenvalue weighted by Gasteiger charge is 1.88. The quantitative estimate of drug-likeness (QED) is 0.438. The van der Waals surface area contributed by atoms with Crippen LogP contribution >= 0.6 is 11.6 Å². The zero-order valence-corrected chi connectivity index (χ0v) is 8.40. The number of hydrogen-bond acceptors (Lipinski definition) is 3. The van der Waals surface area contributed by atoms with Crippen molar-refractivity contribution in [2.24, 2.45) is 0 Å². The van der Waals surface area contributed by atoms with Crippen LogP contribution < -0.4 is 5.32 Å². The van der Waals surface area contributed by atoms with Gasteiger partial charge in [-0.25, -0.2) is 0 Å². The summed E-state index contributed by atoms with van der Waals surface area (Å²) in [5, 5.41) is 3.14. The van der Waals surface area contributed by atoms with E-state index in [1.165, 1.54) is 0 Å². The largest absolute Gasteiger partial charge is 0.385 e. The Morgan fingerprint density at radius 2 is 2.00 bits per heavy atom. The van der Waals surface area contributed by atoms with Crippen LogP contribution in [-0.2, 0) is 9.47 Å². The lowest BCUT2D eigenvalue weighted by Gasteiger charge is -2.04. The Balaban J connectivity index is 2.73. The number of methoxy groups -OCH3 is 1. The Kier molecular flexibility index (Phi) is 11.3. The molecule has 0 atom stereocenters. The summed E-state index contributed by atoms with van der Waals surface area (Å²) in [6.07, 6.45) is 0.964. The van der Waals surface area contributed by atoms with Crippen molar-refractivity contribution >= 4 is 11.6 Å². The topological polar surface area (TPSA) is 30.5 Å². The fourth-order valence-corrected chi connectivity index (χ4v) is 0.877. The van der Waals surface area contributed by atoms with Crippen LogP contribution in [0.5, 0.6) is 0 Å². The predicted molar refractivity (Wildman–Crippen MR) is 50.9 cm³/mol. The van der Waals surface area contributed by atoms with Crippen LogP contribution in [0.4, 0.5) is 0 Å². The van der Waals surface area contributed by atoms with Gasteiger partial charge in [0.05, 0.1) is 6.61 Å². The second kappa shape index (κ2) is 11.2. The minimum Gasteiger partial charge on any atom is -0.385 e. The molecule has 74 valence electrons. The first kappa shape index (κ1) is 12.2. The van der Waals surface area contributed by atoms with E-state index in [1.807, 2.05) is 0 Å². The highest BCUT2D eigenvalue weighted by molar-refractivity contribution is 6.18. The highest BCUT2D eigenvalue weighted by atomic mass is 35.5. The van der Waals surface area contributed by atoms with Crippen molar-refractivity contribution in [3.8, 4) is 0 Å². The van der Waals surface area contributed by atoms with Crippen molar-refractivity contribution in [1.82, 2.24) is 5.32 Å². The summed E-state index contributed by atoms with van der Waals surface area (Å²) >= 11 is 5.46. The van der Waals surface area contributed by atoms with Crippen molar-refractivity contribution in [2.45, 2.75) is 6.42 Å². The maximum absolute atomic E-state index is 5.46. The van der Waals surface area contributed by atoms with Crippen LogP contribution in [-0.4, -0.2) is 45.9 Å². The van der Waals surface area contributed by atoms with Gasteiger partial charge in [-0.2, -0.15) is 0 Å². The van der Waals surface area contributed by atoms with E-state index >= 15 is 0 Å². The third-order valence-electron chi connectivity index (χ3n) is 1.33. The lowest BCUT2D eigenvalue weighted by Crippen LogP contribution is -2.21. The van der Waals surface area contributed by atoms with E-state index in [-0.39, 0.29) is 0 Å². The summed E-state index contributed by atoms with van der Waals surface area (Å²) < 4.78 is 10.2. The Morgan fingerprint density at radius 3 is 2.67 bits per heavy atom. The molecule has 0 spiro atoms. The Bertz CT molecular complexity index is 73.5. The zero-order valence-electron chi connectivity index (χ0n) is 7.64. The molecule has 4 heteroatoms. The van der Waals surface area contributed by atoms with E-state index in [0.717, 1.165) is 39.3 Å². The number of ether oxygens (including phenoxy) is 2. The molecule has 1 N–H and O–H groups in total. The normalized spacial score (nSPS) is 10.5. The van der Waals surface area contributed by atoms with Crippen LogP contribution in [0.15, 0.2) is 0 Å². The Morgan fingerprint density at radius 1 is 1.17 bits per heavy atom. The molecular formula is C8H18ClNO2. The monoisotopic (exact) mass is 195 g/mol. The smallest absolute Gasteiger partial charge is 0.0590 e. The van der Waals surface area contributed by atoms with Crippen LogP contribution in [0.3, 0.4) is 0 Å². The molecule has 3 nitrogen and oxygen atoms in total. The summed E-state index contributed by atoms with van der Waals surface area (Å²) in [6.45, 7) is 4.02. The van der Waals surface area contributed by atoms with Gasteiger partial charge in [0.15, 0.2) is 0 Å². The third-order valence-corrected chi connectivity index (χ3v) is 1.52. The summed E-state index contributed by atoms with van der Waals surface area (Å²) in [5.74, 6) is 0.656. The van der Waals surface area contributed by atoms with Gasteiger partial charge in [0.2, 0.25) is 0 Å². The van der Waals surface area contributed by atoms with Crippen molar-refractivity contribution in [3.05, 3.63) is 0 Å². The summed E-state index contributed by atoms with van der Waals surface area (Å²) in [4.78, 5) is 0. The van der Waals surface area contributed by atoms with E-state index < -0.39 is 0 Å². The average molecular weight is 196 g/mol. The first-order valence-corrected chi connectivity index (χ1v) is 4.78. The third kappa shape index (κ3) is 10.2. The van der Waals surface area contributed by atoms with E-state index in [2.05, 4.69) is 5.32 Å². The van der Waals surface area contributed by atoms with Gasteiger partial charge in [-0.15, -0.1) is 11.6 Å². The van der Waals surface area contributed by atoms with Gasteiger partial charge in [0.1, 0.15) is 0 Å². The lowest BCUT2D eigenvalue weighted by atomic mass is 10.5. The average Bonchev–Trinajstić information content (AvgIpc) is 2.10. The standard InChI is InChI=1S/C8H18ClNO2/c1-11-6-2-7-12-8-5-10-4-3-9/h10H,2-8H2,1H3. The number of nitrogens with one attached hydrogen (secondary N) is 1. The van der Waals surface area contributed by atoms with Crippen molar-refractivity contribution in [1.29, 1.82) is 0 Å². The van der Waals surface area contributed by atoms with Gasteiger partial charge in [0.25, 0.3) is 0 Å². The van der Waals surface area contributed by atoms with Gasteiger partial charge in [-0.1, -0.05) is 0 Å². The van der Waals surface area contributed by atoms with Crippen LogP contribution in [0, 0.1) is 0 Å². The summed E-state index contributed by atoms with van der Waals surface area (Å²) in [6, 6.07) is 0. The molecule has 0 aliphatic heterocycles. The predicted octanol–water partition coefficient (Wildman–Crippen LogP) is 0.868. The van der Waals surface area contributed by atoms with Crippen LogP contribution in [0.1, 0.15) is 6.42 Å². The molecule has 0 saturated heterocycles. The summed E-state index contributed by atoms with van der Waals surface area (Å²) in [5.41, 5.74) is 0. The van der Waals surface area contributed by atoms with E-state index in [4.69, 9.17) is 21.1 Å². The molecule has 0 amide bonds. The molecule has 0 rings (SSSR count). The van der Waals surface area contributed by atoms with Crippen molar-refractivity contribution < 1.29 is 9.47 Å². The zero-order chi connectivity index (χ0) is 9.07. The lowest BCUT2D eigenvalue weighted by molar-refractivity contribution is 0.104. The minimum absolute atomic E-state index is 0.656. The Labute approximate surface area is 79.4 Å². The molecule has 0 aromatic rings. The molecule has 12 heavy (non-hydrogen) atoms. The minimum atomic E-state index is 0.656. The highest BCUT2D eigenvalue weighted by Crippen LogP contribution is 1.82. The molecule has 0 fully saturated rings. The molecule has 0 saturated carbocycles.